The van der Waals surface area contributed by atoms with Crippen LogP contribution in [0.1, 0.15) is 10.4 Å². The molecule has 3 rings (SSSR count). The highest BCUT2D eigenvalue weighted by Gasteiger charge is 2.25. The first-order chi connectivity index (χ1) is 12.1. The minimum Gasteiger partial charge on any atom is -0.387 e. The third-order valence-electron chi connectivity index (χ3n) is 4.25. The van der Waals surface area contributed by atoms with Gasteiger partial charge in [-0.25, -0.2) is 4.98 Å². The molecule has 0 saturated carbocycles. The smallest absolute Gasteiger partial charge is 0.270 e. The molecule has 25 heavy (non-hydrogen) atoms. The fourth-order valence-corrected chi connectivity index (χ4v) is 2.89. The van der Waals surface area contributed by atoms with Crippen LogP contribution in [-0.4, -0.2) is 53.9 Å². The number of hydrogen-bond acceptors (Lipinski definition) is 6. The van der Waals surface area contributed by atoms with E-state index in [0.29, 0.717) is 37.4 Å². The largest absolute Gasteiger partial charge is 0.387 e. The van der Waals surface area contributed by atoms with E-state index in [-0.39, 0.29) is 11.6 Å². The summed E-state index contributed by atoms with van der Waals surface area (Å²) in [4.78, 5) is 31.5. The fourth-order valence-electron chi connectivity index (χ4n) is 2.89. The van der Waals surface area contributed by atoms with Gasteiger partial charge in [0, 0.05) is 57.2 Å². The van der Waals surface area contributed by atoms with E-state index in [0.717, 1.165) is 5.82 Å². The third-order valence-corrected chi connectivity index (χ3v) is 4.25. The zero-order chi connectivity index (χ0) is 17.8. The van der Waals surface area contributed by atoms with E-state index < -0.39 is 4.92 Å². The van der Waals surface area contributed by atoms with Gasteiger partial charge in [-0.1, -0.05) is 6.07 Å². The van der Waals surface area contributed by atoms with Gasteiger partial charge in [-0.15, -0.1) is 0 Å². The number of amides is 1. The third kappa shape index (κ3) is 3.52. The van der Waals surface area contributed by atoms with Crippen molar-refractivity contribution in [2.45, 2.75) is 0 Å². The van der Waals surface area contributed by atoms with Crippen LogP contribution in [0.4, 0.5) is 17.2 Å². The highest BCUT2D eigenvalue weighted by atomic mass is 16.6. The zero-order valence-corrected chi connectivity index (χ0v) is 13.9. The maximum absolute atomic E-state index is 12.8. The van der Waals surface area contributed by atoms with Crippen LogP contribution in [0.15, 0.2) is 42.6 Å². The Labute approximate surface area is 145 Å². The summed E-state index contributed by atoms with van der Waals surface area (Å²) in [5, 5.41) is 13.9. The average molecular weight is 341 g/mol. The second-order valence-corrected chi connectivity index (χ2v) is 5.70. The van der Waals surface area contributed by atoms with Crippen molar-refractivity contribution in [1.82, 2.24) is 9.88 Å². The number of benzene rings is 1. The van der Waals surface area contributed by atoms with Crippen LogP contribution in [0.3, 0.4) is 0 Å². The molecule has 0 radical (unpaired) electrons. The Hall–Kier alpha value is -3.16. The number of anilines is 2. The summed E-state index contributed by atoms with van der Waals surface area (Å²) in [5.41, 5.74) is 0.820. The van der Waals surface area contributed by atoms with Gasteiger partial charge in [0.25, 0.3) is 11.6 Å². The summed E-state index contributed by atoms with van der Waals surface area (Å²) in [6, 6.07) is 10.0. The Bertz CT molecular complexity index is 773. The highest BCUT2D eigenvalue weighted by Crippen LogP contribution is 2.24. The number of nitrogens with zero attached hydrogens (tertiary/aromatic N) is 4. The van der Waals surface area contributed by atoms with E-state index in [1.165, 1.54) is 12.1 Å². The van der Waals surface area contributed by atoms with Crippen molar-refractivity contribution >= 4 is 23.1 Å². The van der Waals surface area contributed by atoms with Crippen LogP contribution < -0.4 is 10.2 Å². The van der Waals surface area contributed by atoms with Gasteiger partial charge < -0.3 is 15.1 Å². The molecule has 1 saturated heterocycles. The molecule has 1 aliphatic rings. The van der Waals surface area contributed by atoms with E-state index in [4.69, 9.17) is 0 Å². The van der Waals surface area contributed by atoms with Crippen molar-refractivity contribution in [3.63, 3.8) is 0 Å². The molecular weight excluding hydrogens is 322 g/mol. The van der Waals surface area contributed by atoms with Crippen molar-refractivity contribution in [2.24, 2.45) is 0 Å². The lowest BCUT2D eigenvalue weighted by Gasteiger charge is -2.35. The lowest BCUT2D eigenvalue weighted by molar-refractivity contribution is -0.384. The number of nitro benzene ring substituents is 1. The second-order valence-electron chi connectivity index (χ2n) is 5.70. The first-order valence-corrected chi connectivity index (χ1v) is 8.01. The summed E-state index contributed by atoms with van der Waals surface area (Å²) in [5.74, 6) is 0.689. The van der Waals surface area contributed by atoms with Crippen LogP contribution in [0.5, 0.6) is 0 Å². The molecule has 1 aromatic heterocycles. The molecule has 1 N–H and O–H groups in total. The Kier molecular flexibility index (Phi) is 4.78. The molecule has 1 amide bonds. The van der Waals surface area contributed by atoms with Crippen LogP contribution in [0, 0.1) is 10.1 Å². The van der Waals surface area contributed by atoms with Crippen LogP contribution in [0.25, 0.3) is 0 Å². The van der Waals surface area contributed by atoms with Crippen LogP contribution in [0.2, 0.25) is 0 Å². The maximum atomic E-state index is 12.8. The predicted octanol–water partition coefficient (Wildman–Crippen LogP) is 1.99. The fraction of sp³-hybridized carbons (Fsp3) is 0.294. The quantitative estimate of drug-likeness (QED) is 0.675. The van der Waals surface area contributed by atoms with Gasteiger partial charge in [-0.05, 0) is 18.2 Å². The Morgan fingerprint density at radius 2 is 1.96 bits per heavy atom. The molecule has 8 heteroatoms. The van der Waals surface area contributed by atoms with E-state index in [9.17, 15) is 14.9 Å². The molecule has 0 bridgehead atoms. The standard InChI is InChI=1S/C17H19N5O3/c1-18-15-6-5-13(22(24)25)12-14(15)17(23)21-10-8-20(9-11-21)16-4-2-3-7-19-16/h2-7,12,18H,8-11H2,1H3. The van der Waals surface area contributed by atoms with E-state index >= 15 is 0 Å². The van der Waals surface area contributed by atoms with Crippen LogP contribution >= 0.6 is 0 Å². The van der Waals surface area contributed by atoms with Gasteiger partial charge in [0.2, 0.25) is 0 Å². The Morgan fingerprint density at radius 3 is 2.56 bits per heavy atom. The highest BCUT2D eigenvalue weighted by molar-refractivity contribution is 6.00. The van der Waals surface area contributed by atoms with Gasteiger partial charge in [-0.2, -0.15) is 0 Å². The molecule has 1 fully saturated rings. The second kappa shape index (κ2) is 7.16. The number of rotatable bonds is 4. The molecule has 2 aromatic rings. The van der Waals surface area contributed by atoms with Crippen molar-refractivity contribution < 1.29 is 9.72 Å². The number of aromatic nitrogens is 1. The summed E-state index contributed by atoms with van der Waals surface area (Å²) in [6.45, 7) is 2.43. The van der Waals surface area contributed by atoms with Gasteiger partial charge in [0.05, 0.1) is 10.5 Å². The zero-order valence-electron chi connectivity index (χ0n) is 13.9. The van der Waals surface area contributed by atoms with Crippen molar-refractivity contribution in [3.8, 4) is 0 Å². The molecular formula is C17H19N5O3. The SMILES string of the molecule is CNc1ccc([N+](=O)[O-])cc1C(=O)N1CCN(c2ccccn2)CC1. The minimum absolute atomic E-state index is 0.0885. The topological polar surface area (TPSA) is 91.6 Å². The lowest BCUT2D eigenvalue weighted by atomic mass is 10.1. The predicted molar refractivity (Wildman–Crippen MR) is 95.0 cm³/mol. The number of nitro groups is 1. The summed E-state index contributed by atoms with van der Waals surface area (Å²) >= 11 is 0. The molecule has 0 atom stereocenters. The first-order valence-electron chi connectivity index (χ1n) is 8.01. The number of nitrogens with one attached hydrogen (secondary N) is 1. The van der Waals surface area contributed by atoms with Gasteiger partial charge in [-0.3, -0.25) is 14.9 Å². The Morgan fingerprint density at radius 1 is 1.20 bits per heavy atom. The molecule has 130 valence electrons. The summed E-state index contributed by atoms with van der Waals surface area (Å²) in [6.07, 6.45) is 1.75. The number of non-ortho nitro benzene ring substituents is 1. The molecule has 0 unspecified atom stereocenters. The van der Waals surface area contributed by atoms with Gasteiger partial charge in [0.15, 0.2) is 0 Å². The summed E-state index contributed by atoms with van der Waals surface area (Å²) in [7, 11) is 1.69. The number of pyridine rings is 1. The van der Waals surface area contributed by atoms with E-state index in [1.54, 1.807) is 24.2 Å². The van der Waals surface area contributed by atoms with Crippen LogP contribution in [-0.2, 0) is 0 Å². The number of hydrogen-bond donors (Lipinski definition) is 1. The number of piperazine rings is 1. The maximum Gasteiger partial charge on any atom is 0.270 e. The minimum atomic E-state index is -0.491. The molecule has 8 nitrogen and oxygen atoms in total. The lowest BCUT2D eigenvalue weighted by Crippen LogP contribution is -2.49. The van der Waals surface area contributed by atoms with E-state index in [1.807, 2.05) is 18.2 Å². The van der Waals surface area contributed by atoms with Gasteiger partial charge in [0.1, 0.15) is 5.82 Å². The number of carbonyl (C=O) groups is 1. The average Bonchev–Trinajstić information content (AvgIpc) is 2.67. The van der Waals surface area contributed by atoms with Crippen molar-refractivity contribution in [1.29, 1.82) is 0 Å². The monoisotopic (exact) mass is 341 g/mol. The van der Waals surface area contributed by atoms with Crippen molar-refractivity contribution in [2.75, 3.05) is 43.4 Å². The first kappa shape index (κ1) is 16.7. The normalized spacial score (nSPS) is 14.3. The number of carbonyl (C=O) groups excluding carboxylic acids is 1. The molecule has 0 aliphatic carbocycles. The Balaban J connectivity index is 1.74. The van der Waals surface area contributed by atoms with E-state index in [2.05, 4.69) is 15.2 Å². The van der Waals surface area contributed by atoms with Gasteiger partial charge >= 0.3 is 0 Å². The van der Waals surface area contributed by atoms with Crippen molar-refractivity contribution in [3.05, 3.63) is 58.3 Å². The molecule has 1 aliphatic heterocycles. The molecule has 0 spiro atoms. The summed E-state index contributed by atoms with van der Waals surface area (Å²) < 4.78 is 0. The molecule has 1 aromatic carbocycles. The molecule has 2 heterocycles.